The quantitative estimate of drug-likeness (QED) is 0.721. The molecule has 0 aromatic rings. The number of hydrogen-bond acceptors (Lipinski definition) is 4. The van der Waals surface area contributed by atoms with Crippen LogP contribution in [0.2, 0.25) is 0 Å². The van der Waals surface area contributed by atoms with Gasteiger partial charge in [-0.15, -0.1) is 0 Å². The van der Waals surface area contributed by atoms with Crippen LogP contribution in [-0.4, -0.2) is 29.7 Å². The molecule has 4 heteroatoms. The van der Waals surface area contributed by atoms with Crippen LogP contribution in [0.3, 0.4) is 0 Å². The molecule has 0 saturated carbocycles. The second-order valence-electron chi connectivity index (χ2n) is 5.16. The minimum Gasteiger partial charge on any atom is -0.368 e. The van der Waals surface area contributed by atoms with Gasteiger partial charge in [0, 0.05) is 0 Å². The predicted molar refractivity (Wildman–Crippen MR) is 57.6 cm³/mol. The van der Waals surface area contributed by atoms with Crippen molar-refractivity contribution in [2.75, 3.05) is 0 Å². The number of fused-ring (bicyclic) bond motifs is 1. The zero-order valence-electron chi connectivity index (χ0n) is 10.3. The number of rotatable bonds is 2. The van der Waals surface area contributed by atoms with Crippen molar-refractivity contribution in [1.82, 2.24) is 0 Å². The van der Waals surface area contributed by atoms with E-state index in [-0.39, 0.29) is 18.3 Å². The maximum atomic E-state index is 8.82. The van der Waals surface area contributed by atoms with Gasteiger partial charge in [-0.2, -0.15) is 5.26 Å². The van der Waals surface area contributed by atoms with Crippen LogP contribution < -0.4 is 0 Å². The van der Waals surface area contributed by atoms with E-state index in [4.69, 9.17) is 19.5 Å². The molecule has 1 unspecified atom stereocenters. The summed E-state index contributed by atoms with van der Waals surface area (Å²) in [6.07, 6.45) is 1.01. The minimum absolute atomic E-state index is 0.0325. The molecule has 2 rings (SSSR count). The van der Waals surface area contributed by atoms with Gasteiger partial charge in [-0.25, -0.2) is 0 Å². The van der Waals surface area contributed by atoms with Gasteiger partial charge in [0.05, 0.1) is 18.6 Å². The molecule has 2 fully saturated rings. The number of nitrogens with zero attached hydrogens (tertiary/aromatic N) is 1. The second-order valence-corrected chi connectivity index (χ2v) is 5.16. The first-order chi connectivity index (χ1) is 7.43. The smallest absolute Gasteiger partial charge is 0.164 e. The van der Waals surface area contributed by atoms with Gasteiger partial charge in [0.1, 0.15) is 17.8 Å². The van der Waals surface area contributed by atoms with Crippen molar-refractivity contribution in [3.05, 3.63) is 0 Å². The zero-order valence-corrected chi connectivity index (χ0v) is 10.3. The number of nitriles is 1. The molecule has 0 aromatic carbocycles. The molecule has 16 heavy (non-hydrogen) atoms. The molecule has 0 amide bonds. The molecular weight excluding hydrogens is 206 g/mol. The van der Waals surface area contributed by atoms with E-state index in [2.05, 4.69) is 13.0 Å². The van der Waals surface area contributed by atoms with Crippen LogP contribution in [0.15, 0.2) is 0 Å². The third-order valence-corrected chi connectivity index (χ3v) is 3.44. The second kappa shape index (κ2) is 3.69. The summed E-state index contributed by atoms with van der Waals surface area (Å²) in [5, 5.41) is 8.82. The fourth-order valence-corrected chi connectivity index (χ4v) is 2.79. The molecule has 2 aliphatic rings. The maximum Gasteiger partial charge on any atom is 0.164 e. The van der Waals surface area contributed by atoms with E-state index in [9.17, 15) is 0 Å². The molecule has 2 aliphatic heterocycles. The highest BCUT2D eigenvalue weighted by Gasteiger charge is 2.62. The molecule has 0 aliphatic carbocycles. The van der Waals surface area contributed by atoms with Crippen molar-refractivity contribution in [3.63, 3.8) is 0 Å². The Morgan fingerprint density at radius 2 is 2.00 bits per heavy atom. The van der Waals surface area contributed by atoms with Gasteiger partial charge in [0.2, 0.25) is 0 Å². The standard InChI is InChI=1S/C12H19NO3/c1-5-8-10-12(4,9(14-8)6-7-13)16-11(2,3)15-10/h8-10H,5-6H2,1-4H3/t8-,9?,10-,12+/m1/s1. The van der Waals surface area contributed by atoms with Crippen molar-refractivity contribution in [2.45, 2.75) is 70.2 Å². The Balaban J connectivity index is 2.26. The van der Waals surface area contributed by atoms with Crippen LogP contribution in [0.25, 0.3) is 0 Å². The van der Waals surface area contributed by atoms with Crippen LogP contribution >= 0.6 is 0 Å². The largest absolute Gasteiger partial charge is 0.368 e. The lowest BCUT2D eigenvalue weighted by Gasteiger charge is -2.28. The van der Waals surface area contributed by atoms with Gasteiger partial charge in [0.15, 0.2) is 5.79 Å². The molecule has 0 N–H and O–H groups in total. The van der Waals surface area contributed by atoms with Crippen molar-refractivity contribution in [1.29, 1.82) is 5.26 Å². The lowest BCUT2D eigenvalue weighted by atomic mass is 9.91. The van der Waals surface area contributed by atoms with Gasteiger partial charge in [-0.3, -0.25) is 0 Å². The third kappa shape index (κ3) is 1.64. The van der Waals surface area contributed by atoms with Gasteiger partial charge < -0.3 is 14.2 Å². The van der Waals surface area contributed by atoms with Crippen LogP contribution in [-0.2, 0) is 14.2 Å². The van der Waals surface area contributed by atoms with Gasteiger partial charge >= 0.3 is 0 Å². The number of hydrogen-bond donors (Lipinski definition) is 0. The Hall–Kier alpha value is -0.630. The molecule has 4 atom stereocenters. The van der Waals surface area contributed by atoms with Crippen molar-refractivity contribution < 1.29 is 14.2 Å². The monoisotopic (exact) mass is 225 g/mol. The van der Waals surface area contributed by atoms with Crippen LogP contribution in [0.5, 0.6) is 0 Å². The summed E-state index contributed by atoms with van der Waals surface area (Å²) in [4.78, 5) is 0. The van der Waals surface area contributed by atoms with Gasteiger partial charge in [0.25, 0.3) is 0 Å². The molecule has 2 saturated heterocycles. The molecule has 0 bridgehead atoms. The summed E-state index contributed by atoms with van der Waals surface area (Å²) >= 11 is 0. The summed E-state index contributed by atoms with van der Waals surface area (Å²) < 4.78 is 17.7. The van der Waals surface area contributed by atoms with E-state index >= 15 is 0 Å². The first-order valence-electron chi connectivity index (χ1n) is 5.83. The maximum absolute atomic E-state index is 8.82. The molecule has 0 radical (unpaired) electrons. The molecule has 90 valence electrons. The van der Waals surface area contributed by atoms with Crippen LogP contribution in [0, 0.1) is 11.3 Å². The lowest BCUT2D eigenvalue weighted by molar-refractivity contribution is -0.202. The normalized spacial score (nSPS) is 45.3. The fourth-order valence-electron chi connectivity index (χ4n) is 2.79. The molecule has 0 spiro atoms. The lowest BCUT2D eigenvalue weighted by Crippen LogP contribution is -2.43. The first-order valence-corrected chi connectivity index (χ1v) is 5.83. The summed E-state index contributed by atoms with van der Waals surface area (Å²) in [5.41, 5.74) is -0.486. The minimum atomic E-state index is -0.579. The number of ether oxygens (including phenoxy) is 3. The Kier molecular flexibility index (Phi) is 2.73. The highest BCUT2D eigenvalue weighted by Crippen LogP contribution is 2.48. The SMILES string of the molecule is CC[C@H]1OC(CC#N)[C@]2(C)OC(C)(C)O[C@H]12. The Labute approximate surface area is 96.5 Å². The molecule has 0 aromatic heterocycles. The fraction of sp³-hybridized carbons (Fsp3) is 0.917. The van der Waals surface area contributed by atoms with E-state index in [0.717, 1.165) is 6.42 Å². The Morgan fingerprint density at radius 3 is 2.56 bits per heavy atom. The summed E-state index contributed by atoms with van der Waals surface area (Å²) in [6.45, 7) is 7.87. The average Bonchev–Trinajstić information content (AvgIpc) is 2.56. The molecule has 2 heterocycles. The highest BCUT2D eigenvalue weighted by atomic mass is 16.8. The highest BCUT2D eigenvalue weighted by molar-refractivity contribution is 5.09. The van der Waals surface area contributed by atoms with Gasteiger partial charge in [-0.05, 0) is 27.2 Å². The van der Waals surface area contributed by atoms with Crippen molar-refractivity contribution in [2.24, 2.45) is 0 Å². The molecule has 4 nitrogen and oxygen atoms in total. The average molecular weight is 225 g/mol. The summed E-state index contributed by atoms with van der Waals surface area (Å²) in [7, 11) is 0. The summed E-state index contributed by atoms with van der Waals surface area (Å²) in [5.74, 6) is -0.579. The summed E-state index contributed by atoms with van der Waals surface area (Å²) in [6, 6.07) is 2.16. The predicted octanol–water partition coefficient (Wildman–Crippen LogP) is 1.99. The van der Waals surface area contributed by atoms with E-state index in [1.165, 1.54) is 0 Å². The Bertz CT molecular complexity index is 323. The third-order valence-electron chi connectivity index (χ3n) is 3.44. The Morgan fingerprint density at radius 1 is 1.31 bits per heavy atom. The molecular formula is C12H19NO3. The van der Waals surface area contributed by atoms with Crippen LogP contribution in [0.1, 0.15) is 40.5 Å². The van der Waals surface area contributed by atoms with E-state index in [1.54, 1.807) is 0 Å². The van der Waals surface area contributed by atoms with E-state index in [0.29, 0.717) is 6.42 Å². The van der Waals surface area contributed by atoms with E-state index < -0.39 is 11.4 Å². The van der Waals surface area contributed by atoms with Crippen molar-refractivity contribution >= 4 is 0 Å². The first kappa shape index (κ1) is 11.8. The topological polar surface area (TPSA) is 51.5 Å². The van der Waals surface area contributed by atoms with Gasteiger partial charge in [-0.1, -0.05) is 6.92 Å². The zero-order chi connectivity index (χ0) is 12.0. The van der Waals surface area contributed by atoms with Crippen molar-refractivity contribution in [3.8, 4) is 6.07 Å². The van der Waals surface area contributed by atoms with Crippen LogP contribution in [0.4, 0.5) is 0 Å². The van der Waals surface area contributed by atoms with E-state index in [1.807, 2.05) is 20.8 Å².